The van der Waals surface area contributed by atoms with E-state index in [0.717, 1.165) is 17.7 Å². The summed E-state index contributed by atoms with van der Waals surface area (Å²) in [5, 5.41) is 25.6. The molecule has 0 heterocycles. The summed E-state index contributed by atoms with van der Waals surface area (Å²) in [5.41, 5.74) is 0.914. The average molecular weight is 378 g/mol. The molecule has 138 valence electrons. The zero-order chi connectivity index (χ0) is 19.1. The number of ether oxygens (including phenoxy) is 1. The number of carbonyl (C=O) groups excluding carboxylic acids is 1. The molecule has 0 bridgehead atoms. The van der Waals surface area contributed by atoms with Crippen LogP contribution in [0.3, 0.4) is 0 Å². The number of nitro groups is 1. The van der Waals surface area contributed by atoms with E-state index in [0.29, 0.717) is 23.8 Å². The van der Waals surface area contributed by atoms with Gasteiger partial charge < -0.3 is 15.2 Å². The number of nitro benzene ring substituents is 1. The highest BCUT2D eigenvalue weighted by Gasteiger charge is 2.08. The van der Waals surface area contributed by atoms with Crippen molar-refractivity contribution in [2.24, 2.45) is 0 Å². The maximum atomic E-state index is 11.8. The number of benzene rings is 2. The molecule has 8 heteroatoms. The number of amides is 1. The molecule has 1 N–H and O–H groups in total. The Bertz CT molecular complexity index is 810. The first kappa shape index (κ1) is 19.5. The van der Waals surface area contributed by atoms with Crippen molar-refractivity contribution in [3.63, 3.8) is 0 Å². The van der Waals surface area contributed by atoms with Gasteiger partial charge in [0.05, 0.1) is 11.5 Å². The number of nitrogens with zero attached hydrogens (tertiary/aromatic N) is 1. The molecule has 2 aromatic carbocycles. The van der Waals surface area contributed by atoms with Crippen LogP contribution in [-0.4, -0.2) is 17.4 Å². The highest BCUT2D eigenvalue weighted by molar-refractivity contribution is 6.30. The quantitative estimate of drug-likeness (QED) is 0.432. The molecule has 1 amide bonds. The summed E-state index contributed by atoms with van der Waals surface area (Å²) >= 11 is 5.88. The molecule has 0 aliphatic carbocycles. The Morgan fingerprint density at radius 1 is 1.27 bits per heavy atom. The van der Waals surface area contributed by atoms with Crippen LogP contribution < -0.4 is 15.2 Å². The molecule has 0 radical (unpaired) electrons. The van der Waals surface area contributed by atoms with Crippen LogP contribution >= 0.6 is 11.6 Å². The Morgan fingerprint density at radius 3 is 2.73 bits per heavy atom. The molecule has 0 spiro atoms. The van der Waals surface area contributed by atoms with Crippen molar-refractivity contribution in [1.29, 1.82) is 0 Å². The van der Waals surface area contributed by atoms with E-state index in [-0.39, 0.29) is 35.9 Å². The largest absolute Gasteiger partial charge is 0.872 e. The van der Waals surface area contributed by atoms with Crippen LogP contribution in [0.25, 0.3) is 0 Å². The van der Waals surface area contributed by atoms with Gasteiger partial charge in [-0.3, -0.25) is 14.9 Å². The molecular formula is C18H18ClN2O5-. The molecule has 0 saturated carbocycles. The van der Waals surface area contributed by atoms with Crippen molar-refractivity contribution in [2.75, 3.05) is 6.61 Å². The maximum absolute atomic E-state index is 11.8. The molecule has 0 fully saturated rings. The van der Waals surface area contributed by atoms with E-state index in [1.165, 1.54) is 6.07 Å². The lowest BCUT2D eigenvalue weighted by Crippen LogP contribution is -2.23. The molecule has 0 aliphatic rings. The normalized spacial score (nSPS) is 10.4. The van der Waals surface area contributed by atoms with Crippen LogP contribution in [-0.2, 0) is 11.3 Å². The summed E-state index contributed by atoms with van der Waals surface area (Å²) in [7, 11) is 0. The number of nitrogens with one attached hydrogen (secondary N) is 1. The van der Waals surface area contributed by atoms with Gasteiger partial charge in [0, 0.05) is 30.1 Å². The Morgan fingerprint density at radius 2 is 2.04 bits per heavy atom. The molecule has 26 heavy (non-hydrogen) atoms. The molecule has 7 nitrogen and oxygen atoms in total. The number of hydrogen-bond acceptors (Lipinski definition) is 5. The highest BCUT2D eigenvalue weighted by atomic mass is 35.5. The number of non-ortho nitro benzene ring substituents is 1. The van der Waals surface area contributed by atoms with E-state index in [1.54, 1.807) is 18.2 Å². The van der Waals surface area contributed by atoms with Gasteiger partial charge in [0.2, 0.25) is 5.91 Å². The van der Waals surface area contributed by atoms with Crippen LogP contribution in [0, 0.1) is 17.0 Å². The summed E-state index contributed by atoms with van der Waals surface area (Å²) in [6.07, 6.45) is 0.711. The minimum atomic E-state index is -0.582. The second kappa shape index (κ2) is 9.05. The fraction of sp³-hybridized carbons (Fsp3) is 0.278. The van der Waals surface area contributed by atoms with Gasteiger partial charge in [-0.15, -0.1) is 5.75 Å². The first-order valence-corrected chi connectivity index (χ1v) is 8.34. The van der Waals surface area contributed by atoms with E-state index >= 15 is 0 Å². The minimum absolute atomic E-state index is 0.0451. The summed E-state index contributed by atoms with van der Waals surface area (Å²) in [6.45, 7) is 2.20. The predicted molar refractivity (Wildman–Crippen MR) is 95.3 cm³/mol. The molecule has 0 saturated heterocycles. The van der Waals surface area contributed by atoms with Gasteiger partial charge in [-0.25, -0.2) is 0 Å². The predicted octanol–water partition coefficient (Wildman–Crippen LogP) is 3.11. The van der Waals surface area contributed by atoms with E-state index in [2.05, 4.69) is 5.32 Å². The van der Waals surface area contributed by atoms with Gasteiger partial charge in [0.25, 0.3) is 5.69 Å². The van der Waals surface area contributed by atoms with Gasteiger partial charge in [0.1, 0.15) is 5.75 Å². The summed E-state index contributed by atoms with van der Waals surface area (Å²) in [6, 6.07) is 8.75. The molecule has 0 unspecified atom stereocenters. The van der Waals surface area contributed by atoms with Crippen molar-refractivity contribution < 1.29 is 19.6 Å². The second-order valence-corrected chi connectivity index (χ2v) is 6.12. The molecular weight excluding hydrogens is 360 g/mol. The zero-order valence-corrected chi connectivity index (χ0v) is 14.9. The van der Waals surface area contributed by atoms with Gasteiger partial charge in [-0.1, -0.05) is 17.7 Å². The van der Waals surface area contributed by atoms with Gasteiger partial charge in [-0.05, 0) is 42.7 Å². The van der Waals surface area contributed by atoms with Crippen LogP contribution in [0.1, 0.15) is 24.0 Å². The molecule has 0 aromatic heterocycles. The molecule has 0 aliphatic heterocycles. The van der Waals surface area contributed by atoms with Crippen molar-refractivity contribution in [3.8, 4) is 11.5 Å². The molecule has 2 aromatic rings. The number of hydrogen-bond donors (Lipinski definition) is 1. The second-order valence-electron chi connectivity index (χ2n) is 5.69. The van der Waals surface area contributed by atoms with Crippen LogP contribution in [0.2, 0.25) is 5.02 Å². The average Bonchev–Trinajstić information content (AvgIpc) is 2.59. The van der Waals surface area contributed by atoms with Gasteiger partial charge in [0.15, 0.2) is 0 Å². The fourth-order valence-electron chi connectivity index (χ4n) is 2.29. The summed E-state index contributed by atoms with van der Waals surface area (Å²) < 4.78 is 5.60. The SMILES string of the molecule is Cc1cc(Cl)ccc1OCCCC(=O)NCc1cc([N+](=O)[O-])ccc1[O-]. The van der Waals surface area contributed by atoms with Crippen molar-refractivity contribution >= 4 is 23.2 Å². The first-order chi connectivity index (χ1) is 12.4. The van der Waals surface area contributed by atoms with E-state index < -0.39 is 4.92 Å². The van der Waals surface area contributed by atoms with E-state index in [1.807, 2.05) is 6.92 Å². The monoisotopic (exact) mass is 377 g/mol. The van der Waals surface area contributed by atoms with Crippen LogP contribution in [0.15, 0.2) is 36.4 Å². The molecule has 2 rings (SSSR count). The third kappa shape index (κ3) is 5.63. The Labute approximate surface area is 155 Å². The topological polar surface area (TPSA) is 105 Å². The number of aryl methyl sites for hydroxylation is 1. The van der Waals surface area contributed by atoms with E-state index in [4.69, 9.17) is 16.3 Å². The highest BCUT2D eigenvalue weighted by Crippen LogP contribution is 2.22. The van der Waals surface area contributed by atoms with Crippen LogP contribution in [0.5, 0.6) is 11.5 Å². The Kier molecular flexibility index (Phi) is 6.80. The number of carbonyl (C=O) groups is 1. The standard InChI is InChI=1S/C18H19ClN2O5/c1-12-9-14(19)4-7-17(12)26-8-2-3-18(23)20-11-13-10-15(21(24)25)5-6-16(13)22/h4-7,9-10,22H,2-3,8,11H2,1H3,(H,20,23)/p-1. The van der Waals surface area contributed by atoms with Crippen LogP contribution in [0.4, 0.5) is 5.69 Å². The Hall–Kier alpha value is -2.80. The molecule has 0 atom stereocenters. The first-order valence-electron chi connectivity index (χ1n) is 7.97. The number of halogens is 1. The van der Waals surface area contributed by atoms with Crippen molar-refractivity contribution in [2.45, 2.75) is 26.3 Å². The van der Waals surface area contributed by atoms with E-state index in [9.17, 15) is 20.0 Å². The Balaban J connectivity index is 1.75. The summed E-state index contributed by atoms with van der Waals surface area (Å²) in [5.74, 6) is 0.104. The lowest BCUT2D eigenvalue weighted by atomic mass is 10.1. The third-order valence-corrected chi connectivity index (χ3v) is 3.91. The minimum Gasteiger partial charge on any atom is -0.872 e. The third-order valence-electron chi connectivity index (χ3n) is 3.67. The zero-order valence-electron chi connectivity index (χ0n) is 14.2. The lowest BCUT2D eigenvalue weighted by molar-refractivity contribution is -0.385. The van der Waals surface area contributed by atoms with Gasteiger partial charge in [-0.2, -0.15) is 0 Å². The maximum Gasteiger partial charge on any atom is 0.269 e. The fourth-order valence-corrected chi connectivity index (χ4v) is 2.52. The number of rotatable bonds is 8. The lowest BCUT2D eigenvalue weighted by Gasteiger charge is -2.14. The summed E-state index contributed by atoms with van der Waals surface area (Å²) in [4.78, 5) is 22.0. The smallest absolute Gasteiger partial charge is 0.269 e. The van der Waals surface area contributed by atoms with Crippen molar-refractivity contribution in [1.82, 2.24) is 5.32 Å². The van der Waals surface area contributed by atoms with Crippen molar-refractivity contribution in [3.05, 3.63) is 62.7 Å². The van der Waals surface area contributed by atoms with Gasteiger partial charge >= 0.3 is 0 Å².